The molecule has 2 atom stereocenters. The molecule has 0 heterocycles. The number of anilines is 1. The van der Waals surface area contributed by atoms with Crippen LogP contribution >= 0.6 is 0 Å². The molecule has 4 heteroatoms. The van der Waals surface area contributed by atoms with Gasteiger partial charge in [0, 0.05) is 24.2 Å². The maximum Gasteiger partial charge on any atom is 0.225 e. The molecule has 0 aliphatic heterocycles. The lowest BCUT2D eigenvalue weighted by atomic mass is 10.2. The molecule has 0 radical (unpaired) electrons. The number of nitrogens with one attached hydrogen (secondary N) is 2. The molecule has 0 saturated carbocycles. The Bertz CT molecular complexity index is 421. The Balaban J connectivity index is 2.55. The molecule has 4 nitrogen and oxygen atoms in total. The molecule has 0 fully saturated rings. The van der Waals surface area contributed by atoms with Gasteiger partial charge in [0.2, 0.25) is 5.91 Å². The molecule has 2 N–H and O–H groups in total. The number of carbonyl (C=O) groups is 1. The Hall–Kier alpha value is -1.55. The van der Waals surface area contributed by atoms with Crippen LogP contribution in [0.15, 0.2) is 24.3 Å². The van der Waals surface area contributed by atoms with Gasteiger partial charge in [0.15, 0.2) is 0 Å². The predicted molar refractivity (Wildman–Crippen MR) is 83.2 cm³/mol. The maximum absolute atomic E-state index is 11.9. The summed E-state index contributed by atoms with van der Waals surface area (Å²) < 4.78 is 5.74. The van der Waals surface area contributed by atoms with Crippen LogP contribution in [-0.4, -0.2) is 24.6 Å². The van der Waals surface area contributed by atoms with Gasteiger partial charge >= 0.3 is 0 Å². The molecule has 1 amide bonds. The monoisotopic (exact) mass is 278 g/mol. The van der Waals surface area contributed by atoms with Gasteiger partial charge in [-0.1, -0.05) is 19.9 Å². The van der Waals surface area contributed by atoms with Crippen molar-refractivity contribution in [1.29, 1.82) is 0 Å². The van der Waals surface area contributed by atoms with Crippen molar-refractivity contribution in [3.05, 3.63) is 24.3 Å². The van der Waals surface area contributed by atoms with Crippen molar-refractivity contribution in [2.45, 2.75) is 52.7 Å². The topological polar surface area (TPSA) is 50.4 Å². The second-order valence-corrected chi connectivity index (χ2v) is 5.08. The molecule has 2 unspecified atom stereocenters. The third kappa shape index (κ3) is 6.06. The molecule has 0 saturated heterocycles. The van der Waals surface area contributed by atoms with Crippen molar-refractivity contribution in [3.63, 3.8) is 0 Å². The Kier molecular flexibility index (Phi) is 7.09. The second kappa shape index (κ2) is 8.59. The zero-order chi connectivity index (χ0) is 15.0. The van der Waals surface area contributed by atoms with Crippen molar-refractivity contribution in [2.24, 2.45) is 0 Å². The fourth-order valence-electron chi connectivity index (χ4n) is 1.87. The highest BCUT2D eigenvalue weighted by Crippen LogP contribution is 2.19. The van der Waals surface area contributed by atoms with E-state index in [0.29, 0.717) is 6.42 Å². The lowest BCUT2D eigenvalue weighted by Gasteiger charge is -2.15. The fraction of sp³-hybridized carbons (Fsp3) is 0.562. The summed E-state index contributed by atoms with van der Waals surface area (Å²) in [5.74, 6) is 0.802. The third-order valence-electron chi connectivity index (χ3n) is 3.07. The molecule has 1 aromatic carbocycles. The summed E-state index contributed by atoms with van der Waals surface area (Å²) in [7, 11) is 0. The van der Waals surface area contributed by atoms with E-state index in [1.165, 1.54) is 0 Å². The van der Waals surface area contributed by atoms with Gasteiger partial charge in [-0.05, 0) is 38.9 Å². The van der Waals surface area contributed by atoms with Crippen LogP contribution in [0.2, 0.25) is 0 Å². The number of rotatable bonds is 8. The van der Waals surface area contributed by atoms with Gasteiger partial charge in [-0.15, -0.1) is 0 Å². The largest absolute Gasteiger partial charge is 0.491 e. The number of carbonyl (C=O) groups excluding carboxylic acids is 1. The Labute approximate surface area is 121 Å². The Morgan fingerprint density at radius 2 is 2.05 bits per heavy atom. The lowest BCUT2D eigenvalue weighted by molar-refractivity contribution is -0.116. The van der Waals surface area contributed by atoms with Crippen LogP contribution in [0.4, 0.5) is 5.69 Å². The first-order valence-corrected chi connectivity index (χ1v) is 7.35. The van der Waals surface area contributed by atoms with E-state index in [1.807, 2.05) is 45.0 Å². The standard InChI is InChI=1S/C16H26N2O2/c1-5-13(4)20-15-9-7-8-14(11-15)18-16(19)10-12(3)17-6-2/h7-9,11-13,17H,5-6,10H2,1-4H3,(H,18,19). The van der Waals surface area contributed by atoms with E-state index in [-0.39, 0.29) is 18.1 Å². The van der Waals surface area contributed by atoms with Gasteiger partial charge < -0.3 is 15.4 Å². The molecule has 1 rings (SSSR count). The smallest absolute Gasteiger partial charge is 0.225 e. The van der Waals surface area contributed by atoms with Crippen LogP contribution < -0.4 is 15.4 Å². The highest BCUT2D eigenvalue weighted by atomic mass is 16.5. The van der Waals surface area contributed by atoms with Crippen molar-refractivity contribution in [3.8, 4) is 5.75 Å². The minimum Gasteiger partial charge on any atom is -0.491 e. The summed E-state index contributed by atoms with van der Waals surface area (Å²) in [5, 5.41) is 6.13. The van der Waals surface area contributed by atoms with Crippen molar-refractivity contribution >= 4 is 11.6 Å². The van der Waals surface area contributed by atoms with Crippen LogP contribution in [0, 0.1) is 0 Å². The van der Waals surface area contributed by atoms with Crippen molar-refractivity contribution in [2.75, 3.05) is 11.9 Å². The van der Waals surface area contributed by atoms with Crippen molar-refractivity contribution < 1.29 is 9.53 Å². The summed E-state index contributed by atoms with van der Waals surface area (Å²) in [6, 6.07) is 7.71. The molecular weight excluding hydrogens is 252 g/mol. The molecule has 112 valence electrons. The number of benzene rings is 1. The van der Waals surface area contributed by atoms with Crippen LogP contribution in [0.5, 0.6) is 5.75 Å². The molecule has 0 bridgehead atoms. The summed E-state index contributed by atoms with van der Waals surface area (Å²) in [6.45, 7) is 9.02. The molecular formula is C16H26N2O2. The highest BCUT2D eigenvalue weighted by Gasteiger charge is 2.09. The Morgan fingerprint density at radius 1 is 1.30 bits per heavy atom. The minimum atomic E-state index is 0.0131. The first-order chi connectivity index (χ1) is 9.55. The van der Waals surface area contributed by atoms with E-state index in [9.17, 15) is 4.79 Å². The average Bonchev–Trinajstić information content (AvgIpc) is 2.38. The van der Waals surface area contributed by atoms with E-state index >= 15 is 0 Å². The predicted octanol–water partition coefficient (Wildman–Crippen LogP) is 3.19. The average molecular weight is 278 g/mol. The highest BCUT2D eigenvalue weighted by molar-refractivity contribution is 5.91. The summed E-state index contributed by atoms with van der Waals surface area (Å²) in [4.78, 5) is 11.9. The SMILES string of the molecule is CCNC(C)CC(=O)Nc1cccc(OC(C)CC)c1. The zero-order valence-electron chi connectivity index (χ0n) is 12.9. The second-order valence-electron chi connectivity index (χ2n) is 5.08. The van der Waals surface area contributed by atoms with Gasteiger partial charge in [0.05, 0.1) is 6.10 Å². The molecule has 0 aliphatic rings. The van der Waals surface area contributed by atoms with Crippen LogP contribution in [0.25, 0.3) is 0 Å². The number of hydrogen-bond donors (Lipinski definition) is 2. The van der Waals surface area contributed by atoms with Gasteiger partial charge in [-0.3, -0.25) is 4.79 Å². The lowest BCUT2D eigenvalue weighted by Crippen LogP contribution is -2.30. The zero-order valence-corrected chi connectivity index (χ0v) is 12.9. The molecule has 0 aromatic heterocycles. The first-order valence-electron chi connectivity index (χ1n) is 7.35. The Morgan fingerprint density at radius 3 is 2.70 bits per heavy atom. The maximum atomic E-state index is 11.9. The van der Waals surface area contributed by atoms with Gasteiger partial charge in [-0.25, -0.2) is 0 Å². The van der Waals surface area contributed by atoms with Crippen LogP contribution in [0.1, 0.15) is 40.5 Å². The van der Waals surface area contributed by atoms with Gasteiger partial charge in [0.1, 0.15) is 5.75 Å². The normalized spacial score (nSPS) is 13.6. The van der Waals surface area contributed by atoms with Crippen molar-refractivity contribution in [1.82, 2.24) is 5.32 Å². The quantitative estimate of drug-likeness (QED) is 0.768. The van der Waals surface area contributed by atoms with Crippen LogP contribution in [-0.2, 0) is 4.79 Å². The molecule has 1 aromatic rings. The van der Waals surface area contributed by atoms with E-state index in [4.69, 9.17) is 4.74 Å². The third-order valence-corrected chi connectivity index (χ3v) is 3.07. The molecule has 20 heavy (non-hydrogen) atoms. The fourth-order valence-corrected chi connectivity index (χ4v) is 1.87. The minimum absolute atomic E-state index is 0.0131. The summed E-state index contributed by atoms with van der Waals surface area (Å²) >= 11 is 0. The number of amides is 1. The number of ether oxygens (including phenoxy) is 1. The van der Waals surface area contributed by atoms with E-state index < -0.39 is 0 Å². The van der Waals surface area contributed by atoms with E-state index in [1.54, 1.807) is 0 Å². The van der Waals surface area contributed by atoms with E-state index in [0.717, 1.165) is 24.4 Å². The first kappa shape index (κ1) is 16.5. The van der Waals surface area contributed by atoms with Gasteiger partial charge in [0.25, 0.3) is 0 Å². The van der Waals surface area contributed by atoms with Crippen LogP contribution in [0.3, 0.4) is 0 Å². The van der Waals surface area contributed by atoms with E-state index in [2.05, 4.69) is 17.6 Å². The molecule has 0 aliphatic carbocycles. The molecule has 0 spiro atoms. The van der Waals surface area contributed by atoms with Gasteiger partial charge in [-0.2, -0.15) is 0 Å². The number of hydrogen-bond acceptors (Lipinski definition) is 3. The summed E-state index contributed by atoms with van der Waals surface area (Å²) in [6.07, 6.45) is 1.59. The summed E-state index contributed by atoms with van der Waals surface area (Å²) in [5.41, 5.74) is 0.777.